The molecular formula is C28H37ClN2O3. The molecule has 3 unspecified atom stereocenters. The third-order valence-electron chi connectivity index (χ3n) is 7.45. The van der Waals surface area contributed by atoms with Crippen LogP contribution in [-0.2, 0) is 0 Å². The van der Waals surface area contributed by atoms with E-state index in [2.05, 4.69) is 23.6 Å². The van der Waals surface area contributed by atoms with Gasteiger partial charge in [0.15, 0.2) is 11.5 Å². The monoisotopic (exact) mass is 484 g/mol. The summed E-state index contributed by atoms with van der Waals surface area (Å²) in [6.07, 6.45) is 5.69. The molecule has 3 heterocycles. The van der Waals surface area contributed by atoms with Crippen molar-refractivity contribution in [2.24, 2.45) is 5.92 Å². The maximum absolute atomic E-state index is 13.3. The molecule has 0 saturated carbocycles. The minimum Gasteiger partial charge on any atom is -0.486 e. The Morgan fingerprint density at radius 3 is 2.35 bits per heavy atom. The summed E-state index contributed by atoms with van der Waals surface area (Å²) in [5.41, 5.74) is 2.03. The Hall–Kier alpha value is -2.24. The standard InChI is InChI=1S/C28H36N2O3.ClH/c1-3-14-29(18-25-19-32-26-6-4-5-7-27(26)33-25)17-21-15-23-12-13-24(16-21)30(23)28(31)22-10-8-20(2)9-11-22;/h4-11,21,23-25H,3,12-19H2,1-2H3;1H. The number of para-hydroxylation sites is 2. The topological polar surface area (TPSA) is 42.0 Å². The van der Waals surface area contributed by atoms with Gasteiger partial charge in [0.05, 0.1) is 0 Å². The first-order valence-corrected chi connectivity index (χ1v) is 12.6. The lowest BCUT2D eigenvalue weighted by Gasteiger charge is -2.41. The molecule has 2 aromatic carbocycles. The van der Waals surface area contributed by atoms with Crippen molar-refractivity contribution in [3.63, 3.8) is 0 Å². The van der Waals surface area contributed by atoms with E-state index >= 15 is 0 Å². The normalized spacial score (nSPS) is 25.2. The minimum atomic E-state index is 0. The van der Waals surface area contributed by atoms with Gasteiger partial charge < -0.3 is 14.4 Å². The number of carbonyl (C=O) groups excluding carboxylic acids is 1. The molecule has 0 spiro atoms. The second kappa shape index (κ2) is 11.0. The molecule has 1 amide bonds. The number of nitrogens with zero attached hydrogens (tertiary/aromatic N) is 2. The van der Waals surface area contributed by atoms with Gasteiger partial charge in [-0.2, -0.15) is 0 Å². The Bertz CT molecular complexity index is 952. The van der Waals surface area contributed by atoms with Gasteiger partial charge in [-0.3, -0.25) is 9.69 Å². The van der Waals surface area contributed by atoms with Crippen LogP contribution in [0.1, 0.15) is 54.9 Å². The Labute approximate surface area is 209 Å². The molecule has 5 rings (SSSR count). The molecule has 3 aliphatic heterocycles. The fourth-order valence-corrected chi connectivity index (χ4v) is 6.00. The molecule has 2 aromatic rings. The number of benzene rings is 2. The number of aryl methyl sites for hydroxylation is 1. The van der Waals surface area contributed by atoms with Gasteiger partial charge in [0.1, 0.15) is 12.7 Å². The molecule has 0 aromatic heterocycles. The second-order valence-electron chi connectivity index (χ2n) is 10.1. The van der Waals surface area contributed by atoms with Crippen LogP contribution in [0, 0.1) is 12.8 Å². The van der Waals surface area contributed by atoms with Gasteiger partial charge >= 0.3 is 0 Å². The van der Waals surface area contributed by atoms with Crippen LogP contribution in [0.25, 0.3) is 0 Å². The average Bonchev–Trinajstić information content (AvgIpc) is 3.09. The van der Waals surface area contributed by atoms with Crippen LogP contribution >= 0.6 is 12.4 Å². The highest BCUT2D eigenvalue weighted by atomic mass is 35.5. The van der Waals surface area contributed by atoms with Crippen molar-refractivity contribution in [2.45, 2.75) is 64.1 Å². The van der Waals surface area contributed by atoms with Gasteiger partial charge in [0, 0.05) is 30.7 Å². The average molecular weight is 485 g/mol. The van der Waals surface area contributed by atoms with Crippen LogP contribution in [-0.4, -0.2) is 60.1 Å². The van der Waals surface area contributed by atoms with Crippen LogP contribution in [0.2, 0.25) is 0 Å². The van der Waals surface area contributed by atoms with Crippen molar-refractivity contribution in [2.75, 3.05) is 26.2 Å². The molecule has 3 atom stereocenters. The number of halogens is 1. The lowest BCUT2D eigenvalue weighted by molar-refractivity contribution is 0.0355. The molecule has 6 heteroatoms. The number of hydrogen-bond donors (Lipinski definition) is 0. The molecule has 184 valence electrons. The summed E-state index contributed by atoms with van der Waals surface area (Å²) in [6, 6.07) is 16.7. The summed E-state index contributed by atoms with van der Waals surface area (Å²) in [7, 11) is 0. The number of fused-ring (bicyclic) bond motifs is 3. The molecule has 5 nitrogen and oxygen atoms in total. The van der Waals surface area contributed by atoms with Crippen molar-refractivity contribution in [3.05, 3.63) is 59.7 Å². The Morgan fingerprint density at radius 1 is 1.00 bits per heavy atom. The maximum Gasteiger partial charge on any atom is 0.254 e. The van der Waals surface area contributed by atoms with E-state index in [1.165, 1.54) is 5.56 Å². The molecule has 3 aliphatic rings. The largest absolute Gasteiger partial charge is 0.486 e. The van der Waals surface area contributed by atoms with E-state index in [1.54, 1.807) is 0 Å². The smallest absolute Gasteiger partial charge is 0.254 e. The number of piperidine rings is 1. The lowest BCUT2D eigenvalue weighted by atomic mass is 9.89. The number of hydrogen-bond acceptors (Lipinski definition) is 4. The molecule has 0 radical (unpaired) electrons. The molecule has 2 bridgehead atoms. The molecule has 0 aliphatic carbocycles. The molecule has 2 saturated heterocycles. The van der Waals surface area contributed by atoms with Crippen LogP contribution in [0.3, 0.4) is 0 Å². The third kappa shape index (κ3) is 5.36. The van der Waals surface area contributed by atoms with Crippen LogP contribution in [0.4, 0.5) is 0 Å². The van der Waals surface area contributed by atoms with E-state index in [9.17, 15) is 4.79 Å². The number of ether oxygens (including phenoxy) is 2. The first kappa shape index (κ1) is 24.9. The molecule has 34 heavy (non-hydrogen) atoms. The van der Waals surface area contributed by atoms with E-state index in [0.29, 0.717) is 24.6 Å². The lowest BCUT2D eigenvalue weighted by Crippen LogP contribution is -2.49. The SMILES string of the molecule is CCCN(CC1CC2CCC(C1)N2C(=O)c1ccc(C)cc1)CC1COc2ccccc2O1.Cl. The van der Waals surface area contributed by atoms with Crippen molar-refractivity contribution in [3.8, 4) is 11.5 Å². The van der Waals surface area contributed by atoms with Gasteiger partial charge in [-0.25, -0.2) is 0 Å². The van der Waals surface area contributed by atoms with E-state index in [0.717, 1.165) is 68.8 Å². The van der Waals surface area contributed by atoms with Gasteiger partial charge in [0.2, 0.25) is 0 Å². The van der Waals surface area contributed by atoms with Crippen LogP contribution < -0.4 is 9.47 Å². The third-order valence-corrected chi connectivity index (χ3v) is 7.45. The van der Waals surface area contributed by atoms with Gasteiger partial charge in [-0.1, -0.05) is 36.8 Å². The van der Waals surface area contributed by atoms with Crippen molar-refractivity contribution in [1.82, 2.24) is 9.80 Å². The highest BCUT2D eigenvalue weighted by Gasteiger charge is 2.43. The molecular weight excluding hydrogens is 448 g/mol. The fraction of sp³-hybridized carbons (Fsp3) is 0.536. The predicted molar refractivity (Wildman–Crippen MR) is 137 cm³/mol. The summed E-state index contributed by atoms with van der Waals surface area (Å²) in [5.74, 6) is 2.55. The summed E-state index contributed by atoms with van der Waals surface area (Å²) in [6.45, 7) is 7.95. The van der Waals surface area contributed by atoms with Crippen molar-refractivity contribution < 1.29 is 14.3 Å². The number of carbonyl (C=O) groups is 1. The highest BCUT2D eigenvalue weighted by molar-refractivity contribution is 5.95. The number of rotatable bonds is 7. The molecule has 2 fully saturated rings. The van der Waals surface area contributed by atoms with Crippen molar-refractivity contribution in [1.29, 1.82) is 0 Å². The first-order valence-electron chi connectivity index (χ1n) is 12.6. The number of amides is 1. The summed E-state index contributed by atoms with van der Waals surface area (Å²) in [4.78, 5) is 18.0. The quantitative estimate of drug-likeness (QED) is 0.531. The second-order valence-corrected chi connectivity index (χ2v) is 10.1. The summed E-state index contributed by atoms with van der Waals surface area (Å²) >= 11 is 0. The Kier molecular flexibility index (Phi) is 8.05. The summed E-state index contributed by atoms with van der Waals surface area (Å²) < 4.78 is 12.2. The van der Waals surface area contributed by atoms with Crippen LogP contribution in [0.5, 0.6) is 11.5 Å². The first-order chi connectivity index (χ1) is 16.1. The molecule has 0 N–H and O–H groups in total. The van der Waals surface area contributed by atoms with Gasteiger partial charge in [-0.05, 0) is 75.8 Å². The fourth-order valence-electron chi connectivity index (χ4n) is 6.00. The van der Waals surface area contributed by atoms with E-state index in [4.69, 9.17) is 9.47 Å². The van der Waals surface area contributed by atoms with E-state index in [1.807, 2.05) is 48.5 Å². The minimum absolute atomic E-state index is 0. The Balaban J connectivity index is 0.00000274. The van der Waals surface area contributed by atoms with Crippen LogP contribution in [0.15, 0.2) is 48.5 Å². The Morgan fingerprint density at radius 2 is 1.68 bits per heavy atom. The van der Waals surface area contributed by atoms with E-state index in [-0.39, 0.29) is 24.4 Å². The maximum atomic E-state index is 13.3. The van der Waals surface area contributed by atoms with Gasteiger partial charge in [-0.15, -0.1) is 12.4 Å². The zero-order valence-electron chi connectivity index (χ0n) is 20.3. The predicted octanol–water partition coefficient (Wildman–Crippen LogP) is 5.35. The van der Waals surface area contributed by atoms with E-state index < -0.39 is 0 Å². The van der Waals surface area contributed by atoms with Gasteiger partial charge in [0.25, 0.3) is 5.91 Å². The zero-order valence-corrected chi connectivity index (χ0v) is 21.1. The van der Waals surface area contributed by atoms with Crippen molar-refractivity contribution >= 4 is 18.3 Å². The summed E-state index contributed by atoms with van der Waals surface area (Å²) in [5, 5.41) is 0. The zero-order chi connectivity index (χ0) is 22.8. The highest BCUT2D eigenvalue weighted by Crippen LogP contribution is 2.40.